The van der Waals surface area contributed by atoms with Crippen molar-refractivity contribution in [1.29, 1.82) is 0 Å². The summed E-state index contributed by atoms with van der Waals surface area (Å²) in [5, 5.41) is 20.2. The predicted octanol–water partition coefficient (Wildman–Crippen LogP) is 3.23. The van der Waals surface area contributed by atoms with Crippen molar-refractivity contribution in [3.63, 3.8) is 0 Å². The van der Waals surface area contributed by atoms with E-state index in [2.05, 4.69) is 0 Å². The summed E-state index contributed by atoms with van der Waals surface area (Å²) in [4.78, 5) is 9.99. The van der Waals surface area contributed by atoms with Crippen LogP contribution in [0, 0.1) is 15.9 Å². The summed E-state index contributed by atoms with van der Waals surface area (Å²) in [5.74, 6) is -0.961. The fraction of sp³-hybridized carbons (Fsp3) is 0. The Bertz CT molecular complexity index is 600. The molecule has 0 heterocycles. The van der Waals surface area contributed by atoms with E-state index >= 15 is 0 Å². The Morgan fingerprint density at radius 3 is 2.56 bits per heavy atom. The molecule has 0 aromatic heterocycles. The van der Waals surface area contributed by atoms with Crippen molar-refractivity contribution < 1.29 is 19.2 Å². The summed E-state index contributed by atoms with van der Waals surface area (Å²) in [7, 11) is 0. The molecule has 0 atom stereocenters. The average Bonchev–Trinajstić information content (AvgIpc) is 2.34. The third-order valence-electron chi connectivity index (χ3n) is 2.20. The van der Waals surface area contributed by atoms with Crippen LogP contribution in [0.25, 0.3) is 0 Å². The van der Waals surface area contributed by atoms with Crippen LogP contribution in [0.5, 0.6) is 17.2 Å². The molecule has 2 aromatic rings. The fourth-order valence-electron chi connectivity index (χ4n) is 1.38. The van der Waals surface area contributed by atoms with E-state index in [0.29, 0.717) is 0 Å². The quantitative estimate of drug-likeness (QED) is 0.669. The van der Waals surface area contributed by atoms with Crippen LogP contribution < -0.4 is 4.74 Å². The standard InChI is InChI=1S/C12H8FNO4/c13-8-5-6-11(9(7-8)14(16)17)18-12-4-2-1-3-10(12)15/h1-7,15H. The van der Waals surface area contributed by atoms with Gasteiger partial charge in [-0.25, -0.2) is 4.39 Å². The molecule has 0 saturated heterocycles. The number of hydrogen-bond acceptors (Lipinski definition) is 4. The summed E-state index contributed by atoms with van der Waals surface area (Å²) in [6.45, 7) is 0. The molecular weight excluding hydrogens is 241 g/mol. The first-order valence-electron chi connectivity index (χ1n) is 4.97. The number of para-hydroxylation sites is 2. The lowest BCUT2D eigenvalue weighted by Gasteiger charge is -2.07. The van der Waals surface area contributed by atoms with Crippen LogP contribution >= 0.6 is 0 Å². The number of nitro groups is 1. The minimum atomic E-state index is -0.752. The number of rotatable bonds is 3. The second-order valence-corrected chi connectivity index (χ2v) is 3.44. The maximum atomic E-state index is 12.9. The average molecular weight is 249 g/mol. The molecular formula is C12H8FNO4. The number of phenols is 1. The number of ether oxygens (including phenoxy) is 1. The molecule has 0 aliphatic rings. The van der Waals surface area contributed by atoms with Crippen molar-refractivity contribution in [2.75, 3.05) is 0 Å². The van der Waals surface area contributed by atoms with E-state index in [1.54, 1.807) is 12.1 Å². The first-order chi connectivity index (χ1) is 8.58. The van der Waals surface area contributed by atoms with E-state index in [1.165, 1.54) is 12.1 Å². The van der Waals surface area contributed by atoms with Crippen molar-refractivity contribution in [2.45, 2.75) is 0 Å². The Labute approximate surface area is 101 Å². The number of aromatic hydroxyl groups is 1. The molecule has 18 heavy (non-hydrogen) atoms. The topological polar surface area (TPSA) is 72.6 Å². The second-order valence-electron chi connectivity index (χ2n) is 3.44. The van der Waals surface area contributed by atoms with Gasteiger partial charge in [-0.1, -0.05) is 12.1 Å². The van der Waals surface area contributed by atoms with Gasteiger partial charge >= 0.3 is 5.69 Å². The van der Waals surface area contributed by atoms with Gasteiger partial charge in [0.2, 0.25) is 5.75 Å². The monoisotopic (exact) mass is 249 g/mol. The molecule has 0 fully saturated rings. The van der Waals surface area contributed by atoms with Gasteiger partial charge in [0.25, 0.3) is 0 Å². The lowest BCUT2D eigenvalue weighted by Crippen LogP contribution is -1.94. The van der Waals surface area contributed by atoms with Gasteiger partial charge in [0.1, 0.15) is 5.82 Å². The minimum absolute atomic E-state index is 0.0622. The first-order valence-corrected chi connectivity index (χ1v) is 4.97. The lowest BCUT2D eigenvalue weighted by molar-refractivity contribution is -0.385. The number of hydrogen-bond donors (Lipinski definition) is 1. The van der Waals surface area contributed by atoms with Crippen LogP contribution in [0.3, 0.4) is 0 Å². The molecule has 5 nitrogen and oxygen atoms in total. The van der Waals surface area contributed by atoms with Crippen LogP contribution in [0.1, 0.15) is 0 Å². The zero-order valence-electron chi connectivity index (χ0n) is 9.04. The molecule has 6 heteroatoms. The van der Waals surface area contributed by atoms with Gasteiger partial charge in [0.15, 0.2) is 11.5 Å². The van der Waals surface area contributed by atoms with E-state index in [-0.39, 0.29) is 17.2 Å². The first kappa shape index (κ1) is 11.8. The maximum Gasteiger partial charge on any atom is 0.314 e. The Balaban J connectivity index is 2.41. The molecule has 2 rings (SSSR count). The molecule has 0 radical (unpaired) electrons. The highest BCUT2D eigenvalue weighted by atomic mass is 19.1. The van der Waals surface area contributed by atoms with Gasteiger partial charge in [0.05, 0.1) is 11.0 Å². The normalized spacial score (nSPS) is 10.1. The molecule has 0 amide bonds. The Kier molecular flexibility index (Phi) is 3.09. The number of halogens is 1. The van der Waals surface area contributed by atoms with Crippen LogP contribution in [-0.2, 0) is 0 Å². The van der Waals surface area contributed by atoms with E-state index in [0.717, 1.165) is 18.2 Å². The van der Waals surface area contributed by atoms with E-state index in [1.807, 2.05) is 0 Å². The lowest BCUT2D eigenvalue weighted by atomic mass is 10.2. The smallest absolute Gasteiger partial charge is 0.314 e. The van der Waals surface area contributed by atoms with Crippen LogP contribution in [0.2, 0.25) is 0 Å². The van der Waals surface area contributed by atoms with E-state index in [9.17, 15) is 19.6 Å². The fourth-order valence-corrected chi connectivity index (χ4v) is 1.38. The molecule has 2 aromatic carbocycles. The van der Waals surface area contributed by atoms with Crippen LogP contribution in [0.4, 0.5) is 10.1 Å². The van der Waals surface area contributed by atoms with Gasteiger partial charge in [-0.3, -0.25) is 10.1 Å². The summed E-state index contributed by atoms with van der Waals surface area (Å²) < 4.78 is 18.1. The van der Waals surface area contributed by atoms with Crippen molar-refractivity contribution >= 4 is 5.69 Å². The Morgan fingerprint density at radius 1 is 1.17 bits per heavy atom. The highest BCUT2D eigenvalue weighted by Crippen LogP contribution is 2.35. The summed E-state index contributed by atoms with van der Waals surface area (Å²) in [6, 6.07) is 8.95. The third-order valence-corrected chi connectivity index (χ3v) is 2.20. The summed E-state index contributed by atoms with van der Waals surface area (Å²) >= 11 is 0. The van der Waals surface area contributed by atoms with Gasteiger partial charge in [0, 0.05) is 0 Å². The number of nitro benzene ring substituents is 1. The summed E-state index contributed by atoms with van der Waals surface area (Å²) in [5.41, 5.74) is -0.502. The van der Waals surface area contributed by atoms with E-state index in [4.69, 9.17) is 4.74 Å². The summed E-state index contributed by atoms with van der Waals surface area (Å²) in [6.07, 6.45) is 0. The highest BCUT2D eigenvalue weighted by molar-refractivity contribution is 5.50. The van der Waals surface area contributed by atoms with Gasteiger partial charge in [-0.2, -0.15) is 0 Å². The molecule has 0 unspecified atom stereocenters. The van der Waals surface area contributed by atoms with Crippen LogP contribution in [0.15, 0.2) is 42.5 Å². The maximum absolute atomic E-state index is 12.9. The zero-order chi connectivity index (χ0) is 13.1. The Hall–Kier alpha value is -2.63. The molecule has 1 N–H and O–H groups in total. The minimum Gasteiger partial charge on any atom is -0.504 e. The third kappa shape index (κ3) is 2.37. The van der Waals surface area contributed by atoms with Crippen molar-refractivity contribution in [1.82, 2.24) is 0 Å². The van der Waals surface area contributed by atoms with E-state index < -0.39 is 16.4 Å². The highest BCUT2D eigenvalue weighted by Gasteiger charge is 2.17. The van der Waals surface area contributed by atoms with Gasteiger partial charge in [-0.15, -0.1) is 0 Å². The SMILES string of the molecule is O=[N+]([O-])c1cc(F)ccc1Oc1ccccc1O. The molecule has 0 spiro atoms. The predicted molar refractivity (Wildman–Crippen MR) is 61.2 cm³/mol. The van der Waals surface area contributed by atoms with Gasteiger partial charge < -0.3 is 9.84 Å². The zero-order valence-corrected chi connectivity index (χ0v) is 9.04. The van der Waals surface area contributed by atoms with Crippen molar-refractivity contribution in [2.24, 2.45) is 0 Å². The molecule has 0 saturated carbocycles. The number of nitrogens with zero attached hydrogens (tertiary/aromatic N) is 1. The van der Waals surface area contributed by atoms with Crippen molar-refractivity contribution in [3.8, 4) is 17.2 Å². The largest absolute Gasteiger partial charge is 0.504 e. The van der Waals surface area contributed by atoms with Gasteiger partial charge in [-0.05, 0) is 24.3 Å². The van der Waals surface area contributed by atoms with Crippen molar-refractivity contribution in [3.05, 3.63) is 58.4 Å². The molecule has 0 aliphatic heterocycles. The van der Waals surface area contributed by atoms with Crippen LogP contribution in [-0.4, -0.2) is 10.0 Å². The molecule has 0 aliphatic carbocycles. The Morgan fingerprint density at radius 2 is 1.89 bits per heavy atom. The number of phenolic OH excluding ortho intramolecular Hbond substituents is 1. The molecule has 0 bridgehead atoms. The number of benzene rings is 2. The second kappa shape index (κ2) is 4.70. The molecule has 92 valence electrons.